The molecule has 0 saturated carbocycles. The van der Waals surface area contributed by atoms with Crippen LogP contribution in [0.2, 0.25) is 0 Å². The second-order valence-corrected chi connectivity index (χ2v) is 7.41. The number of fused-ring (bicyclic) bond motifs is 3. The summed E-state index contributed by atoms with van der Waals surface area (Å²) in [7, 11) is 2.00. The Kier molecular flexibility index (Phi) is 3.96. The molecule has 26 heavy (non-hydrogen) atoms. The van der Waals surface area contributed by atoms with Crippen molar-refractivity contribution < 1.29 is 4.79 Å². The highest BCUT2D eigenvalue weighted by atomic mass is 32.1. The van der Waals surface area contributed by atoms with E-state index in [9.17, 15) is 4.79 Å². The minimum Gasteiger partial charge on any atom is -0.350 e. The third kappa shape index (κ3) is 2.74. The van der Waals surface area contributed by atoms with Crippen molar-refractivity contribution in [3.05, 3.63) is 41.9 Å². The maximum atomic E-state index is 11.3. The van der Waals surface area contributed by atoms with Gasteiger partial charge in [0.15, 0.2) is 0 Å². The summed E-state index contributed by atoms with van der Waals surface area (Å²) < 4.78 is 2.05. The van der Waals surface area contributed by atoms with E-state index in [0.717, 1.165) is 43.3 Å². The molecule has 1 amide bonds. The summed E-state index contributed by atoms with van der Waals surface area (Å²) in [5, 5.41) is 3.83. The van der Waals surface area contributed by atoms with Gasteiger partial charge in [0.2, 0.25) is 5.91 Å². The molecule has 0 bridgehead atoms. The lowest BCUT2D eigenvalue weighted by Crippen LogP contribution is -2.23. The minimum atomic E-state index is -0.0496. The molecule has 3 aromatic heterocycles. The van der Waals surface area contributed by atoms with E-state index in [1.807, 2.05) is 45.3 Å². The average molecular weight is 365 g/mol. The van der Waals surface area contributed by atoms with Crippen LogP contribution >= 0.6 is 11.3 Å². The van der Waals surface area contributed by atoms with Crippen LogP contribution in [0.1, 0.15) is 31.3 Å². The third-order valence-corrected chi connectivity index (χ3v) is 5.55. The quantitative estimate of drug-likeness (QED) is 0.600. The number of nitrogens with one attached hydrogen (secondary N) is 1. The molecular weight excluding hydrogens is 346 g/mol. The minimum absolute atomic E-state index is 0.0407. The zero-order chi connectivity index (χ0) is 18.4. The number of amides is 1. The molecule has 1 aromatic carbocycles. The molecule has 4 aromatic rings. The molecule has 132 valence electrons. The Hall–Kier alpha value is -2.80. The van der Waals surface area contributed by atoms with E-state index in [2.05, 4.69) is 25.9 Å². The van der Waals surface area contributed by atoms with Gasteiger partial charge in [0.1, 0.15) is 26.7 Å². The van der Waals surface area contributed by atoms with Gasteiger partial charge in [-0.25, -0.2) is 15.0 Å². The van der Waals surface area contributed by atoms with E-state index in [1.54, 1.807) is 11.3 Å². The number of rotatable bonds is 3. The van der Waals surface area contributed by atoms with Crippen molar-refractivity contribution in [1.82, 2.24) is 24.8 Å². The number of hydrogen-bond donors (Lipinski definition) is 1. The highest BCUT2D eigenvalue weighted by molar-refractivity contribution is 7.21. The highest BCUT2D eigenvalue weighted by Gasteiger charge is 2.16. The SMILES string of the molecule is CC(=O)N[C@H](C)c1cccc(-c2nc3c(ncc4nc(C)n(C)c43)s2)c1. The van der Waals surface area contributed by atoms with E-state index in [1.165, 1.54) is 6.92 Å². The number of aryl methyl sites for hydroxylation is 2. The number of thiazole rings is 1. The maximum absolute atomic E-state index is 11.3. The summed E-state index contributed by atoms with van der Waals surface area (Å²) in [4.78, 5) is 26.1. The predicted molar refractivity (Wildman–Crippen MR) is 104 cm³/mol. The van der Waals surface area contributed by atoms with Gasteiger partial charge < -0.3 is 9.88 Å². The van der Waals surface area contributed by atoms with Gasteiger partial charge >= 0.3 is 0 Å². The number of hydrogen-bond acceptors (Lipinski definition) is 5. The van der Waals surface area contributed by atoms with Crippen LogP contribution in [0.3, 0.4) is 0 Å². The van der Waals surface area contributed by atoms with Crippen LogP contribution in [0, 0.1) is 6.92 Å². The first-order valence-corrected chi connectivity index (χ1v) is 9.21. The highest BCUT2D eigenvalue weighted by Crippen LogP contribution is 2.33. The molecule has 0 aliphatic carbocycles. The first kappa shape index (κ1) is 16.7. The summed E-state index contributed by atoms with van der Waals surface area (Å²) in [5.74, 6) is 0.899. The van der Waals surface area contributed by atoms with E-state index in [4.69, 9.17) is 4.98 Å². The number of pyridine rings is 1. The fourth-order valence-corrected chi connectivity index (χ4v) is 4.04. The van der Waals surface area contributed by atoms with Crippen molar-refractivity contribution in [2.45, 2.75) is 26.8 Å². The van der Waals surface area contributed by atoms with Crippen LogP contribution in [-0.4, -0.2) is 25.4 Å². The molecule has 0 unspecified atom stereocenters. The van der Waals surface area contributed by atoms with Gasteiger partial charge in [-0.05, 0) is 25.5 Å². The molecule has 0 radical (unpaired) electrons. The molecule has 3 heterocycles. The lowest BCUT2D eigenvalue weighted by molar-refractivity contribution is -0.119. The Balaban J connectivity index is 1.82. The fraction of sp³-hybridized carbons (Fsp3) is 0.263. The third-order valence-electron chi connectivity index (χ3n) is 4.54. The van der Waals surface area contributed by atoms with Gasteiger partial charge in [0, 0.05) is 19.5 Å². The van der Waals surface area contributed by atoms with E-state index in [0.29, 0.717) is 0 Å². The molecule has 0 aliphatic rings. The van der Waals surface area contributed by atoms with Gasteiger partial charge in [-0.3, -0.25) is 4.79 Å². The van der Waals surface area contributed by atoms with Crippen molar-refractivity contribution in [1.29, 1.82) is 0 Å². The predicted octanol–water partition coefficient (Wildman–Crippen LogP) is 3.75. The van der Waals surface area contributed by atoms with Crippen LogP contribution in [0.5, 0.6) is 0 Å². The standard InChI is InChI=1S/C19H19N5OS/c1-10(21-12(3)25)13-6-5-7-14(8-13)18-23-16-17-15(9-20-19(16)26-18)22-11(2)24(17)4/h5-10H,1-4H3,(H,21,25)/t10-/m1/s1. The number of nitrogens with zero attached hydrogens (tertiary/aromatic N) is 4. The molecule has 4 rings (SSSR count). The van der Waals surface area contributed by atoms with Gasteiger partial charge in [-0.15, -0.1) is 0 Å². The van der Waals surface area contributed by atoms with Gasteiger partial charge in [-0.1, -0.05) is 29.5 Å². The van der Waals surface area contributed by atoms with Crippen LogP contribution in [-0.2, 0) is 11.8 Å². The molecule has 0 spiro atoms. The largest absolute Gasteiger partial charge is 0.350 e. The van der Waals surface area contributed by atoms with Crippen LogP contribution < -0.4 is 5.32 Å². The van der Waals surface area contributed by atoms with Gasteiger partial charge in [-0.2, -0.15) is 0 Å². The van der Waals surface area contributed by atoms with Crippen molar-refractivity contribution in [2.24, 2.45) is 7.05 Å². The summed E-state index contributed by atoms with van der Waals surface area (Å²) in [5.41, 5.74) is 4.83. The Labute approximate surface area is 154 Å². The van der Waals surface area contributed by atoms with Gasteiger partial charge in [0.05, 0.1) is 17.8 Å². The fourth-order valence-electron chi connectivity index (χ4n) is 3.13. The molecule has 0 saturated heterocycles. The van der Waals surface area contributed by atoms with Crippen molar-refractivity contribution >= 4 is 38.6 Å². The van der Waals surface area contributed by atoms with Crippen LogP contribution in [0.15, 0.2) is 30.5 Å². The molecular formula is C19H19N5OS. The average Bonchev–Trinajstić information content (AvgIpc) is 3.16. The summed E-state index contributed by atoms with van der Waals surface area (Å²) >= 11 is 1.57. The van der Waals surface area contributed by atoms with Crippen molar-refractivity contribution in [2.75, 3.05) is 0 Å². The van der Waals surface area contributed by atoms with E-state index in [-0.39, 0.29) is 11.9 Å². The molecule has 0 fully saturated rings. The second-order valence-electron chi connectivity index (χ2n) is 6.43. The van der Waals surface area contributed by atoms with E-state index >= 15 is 0 Å². The smallest absolute Gasteiger partial charge is 0.217 e. The second kappa shape index (κ2) is 6.17. The number of benzene rings is 1. The lowest BCUT2D eigenvalue weighted by Gasteiger charge is -2.13. The molecule has 0 aliphatic heterocycles. The first-order chi connectivity index (χ1) is 12.4. The Morgan fingerprint density at radius 3 is 2.88 bits per heavy atom. The molecule has 1 atom stereocenters. The van der Waals surface area contributed by atoms with Gasteiger partial charge in [0.25, 0.3) is 0 Å². The summed E-state index contributed by atoms with van der Waals surface area (Å²) in [6, 6.07) is 8.06. The Morgan fingerprint density at radius 1 is 1.31 bits per heavy atom. The topological polar surface area (TPSA) is 72.7 Å². The Morgan fingerprint density at radius 2 is 2.12 bits per heavy atom. The Bertz CT molecular complexity index is 1140. The first-order valence-electron chi connectivity index (χ1n) is 8.40. The van der Waals surface area contributed by atoms with E-state index < -0.39 is 0 Å². The normalized spacial score (nSPS) is 12.6. The zero-order valence-electron chi connectivity index (χ0n) is 15.1. The number of carbonyl (C=O) groups excluding carboxylic acids is 1. The van der Waals surface area contributed by atoms with Crippen molar-refractivity contribution in [3.8, 4) is 10.6 Å². The van der Waals surface area contributed by atoms with Crippen LogP contribution in [0.4, 0.5) is 0 Å². The number of imidazole rings is 1. The molecule has 1 N–H and O–H groups in total. The maximum Gasteiger partial charge on any atom is 0.217 e. The lowest BCUT2D eigenvalue weighted by atomic mass is 10.1. The monoisotopic (exact) mass is 365 g/mol. The van der Waals surface area contributed by atoms with Crippen molar-refractivity contribution in [3.63, 3.8) is 0 Å². The summed E-state index contributed by atoms with van der Waals surface area (Å²) in [6.45, 7) is 5.48. The van der Waals surface area contributed by atoms with Crippen LogP contribution in [0.25, 0.3) is 32.0 Å². The number of carbonyl (C=O) groups is 1. The summed E-state index contributed by atoms with van der Waals surface area (Å²) in [6.07, 6.45) is 1.81. The molecule has 6 nitrogen and oxygen atoms in total. The molecule has 7 heteroatoms. The zero-order valence-corrected chi connectivity index (χ0v) is 15.9. The number of aromatic nitrogens is 4.